The number of alkyl halides is 3. The summed E-state index contributed by atoms with van der Waals surface area (Å²) in [4.78, 5) is 11.2. The zero-order chi connectivity index (χ0) is 19.9. The predicted molar refractivity (Wildman–Crippen MR) is 90.1 cm³/mol. The van der Waals surface area contributed by atoms with Crippen molar-refractivity contribution in [2.45, 2.75) is 25.2 Å². The van der Waals surface area contributed by atoms with Crippen LogP contribution in [0.2, 0.25) is 0 Å². The van der Waals surface area contributed by atoms with Crippen molar-refractivity contribution in [3.05, 3.63) is 24.2 Å². The fourth-order valence-electron chi connectivity index (χ4n) is 2.50. The number of ether oxygens (including phenoxy) is 2. The van der Waals surface area contributed by atoms with Crippen LogP contribution < -0.4 is 10.1 Å². The molecule has 0 bridgehead atoms. The molecule has 1 aliphatic rings. The highest BCUT2D eigenvalue weighted by Gasteiger charge is 2.39. The molecule has 0 saturated carbocycles. The molecule has 1 saturated heterocycles. The zero-order valence-electron chi connectivity index (χ0n) is 14.5. The lowest BCUT2D eigenvalue weighted by Gasteiger charge is -2.25. The minimum Gasteiger partial charge on any atom is -0.462 e. The lowest BCUT2D eigenvalue weighted by atomic mass is 10.3. The zero-order valence-corrected chi connectivity index (χ0v) is 14.5. The van der Waals surface area contributed by atoms with Crippen molar-refractivity contribution >= 4 is 22.7 Å². The van der Waals surface area contributed by atoms with Crippen molar-refractivity contribution in [2.24, 2.45) is 0 Å². The summed E-state index contributed by atoms with van der Waals surface area (Å²) in [6.45, 7) is 1.73. The van der Waals surface area contributed by atoms with Crippen LogP contribution in [-0.4, -0.2) is 50.2 Å². The smallest absolute Gasteiger partial charge is 0.425 e. The number of nitrogens with one attached hydrogen (secondary N) is 2. The van der Waals surface area contributed by atoms with Gasteiger partial charge in [-0.3, -0.25) is 4.68 Å². The third-order valence-corrected chi connectivity index (χ3v) is 4.18. The SMILES string of the molecule is C[C@H](Oc1nn(C2COC2)cc1Nc1ncc2cc(C#N)[nH]c2n1)C(F)(F)F. The molecule has 2 N–H and O–H groups in total. The van der Waals surface area contributed by atoms with Gasteiger partial charge in [0, 0.05) is 11.6 Å². The highest BCUT2D eigenvalue weighted by Crippen LogP contribution is 2.32. The average Bonchev–Trinajstić information content (AvgIpc) is 3.16. The van der Waals surface area contributed by atoms with Gasteiger partial charge in [0.2, 0.25) is 5.95 Å². The van der Waals surface area contributed by atoms with Crippen LogP contribution in [0.3, 0.4) is 0 Å². The second-order valence-corrected chi connectivity index (χ2v) is 6.24. The van der Waals surface area contributed by atoms with E-state index >= 15 is 0 Å². The Bertz CT molecular complexity index is 1050. The number of hydrogen-bond donors (Lipinski definition) is 2. The fourth-order valence-corrected chi connectivity index (χ4v) is 2.50. The molecule has 28 heavy (non-hydrogen) atoms. The molecule has 1 atom stereocenters. The Labute approximate surface area is 156 Å². The van der Waals surface area contributed by atoms with Gasteiger partial charge in [0.05, 0.1) is 25.5 Å². The Morgan fingerprint density at radius 3 is 2.89 bits per heavy atom. The number of halogens is 3. The van der Waals surface area contributed by atoms with Crippen LogP contribution in [0.4, 0.5) is 24.8 Å². The molecule has 3 aromatic heterocycles. The molecule has 0 aliphatic carbocycles. The van der Waals surface area contributed by atoms with Crippen LogP contribution in [0.5, 0.6) is 5.88 Å². The van der Waals surface area contributed by atoms with E-state index in [4.69, 9.17) is 14.7 Å². The maximum atomic E-state index is 12.9. The van der Waals surface area contributed by atoms with Crippen LogP contribution >= 0.6 is 0 Å². The molecule has 0 spiro atoms. The van der Waals surface area contributed by atoms with Gasteiger partial charge in [-0.25, -0.2) is 4.98 Å². The van der Waals surface area contributed by atoms with E-state index < -0.39 is 12.3 Å². The first-order valence-electron chi connectivity index (χ1n) is 8.26. The van der Waals surface area contributed by atoms with Gasteiger partial charge in [0.25, 0.3) is 5.88 Å². The largest absolute Gasteiger partial charge is 0.462 e. The minimum absolute atomic E-state index is 0.0796. The van der Waals surface area contributed by atoms with Crippen molar-refractivity contribution in [2.75, 3.05) is 18.5 Å². The van der Waals surface area contributed by atoms with E-state index in [-0.39, 0.29) is 23.6 Å². The Morgan fingerprint density at radius 2 is 2.25 bits per heavy atom. The van der Waals surface area contributed by atoms with E-state index in [0.29, 0.717) is 29.9 Å². The molecule has 9 nitrogen and oxygen atoms in total. The molecule has 146 valence electrons. The summed E-state index contributed by atoms with van der Waals surface area (Å²) in [5.41, 5.74) is 0.927. The number of aromatic nitrogens is 5. The van der Waals surface area contributed by atoms with Crippen molar-refractivity contribution < 1.29 is 22.6 Å². The molecule has 0 radical (unpaired) electrons. The molecule has 0 amide bonds. The maximum Gasteiger partial charge on any atom is 0.425 e. The fraction of sp³-hybridized carbons (Fsp3) is 0.375. The molecule has 12 heteroatoms. The maximum absolute atomic E-state index is 12.9. The van der Waals surface area contributed by atoms with Gasteiger partial charge in [0.1, 0.15) is 23.1 Å². The first kappa shape index (κ1) is 18.1. The van der Waals surface area contributed by atoms with Gasteiger partial charge < -0.3 is 19.8 Å². The number of aromatic amines is 1. The Balaban J connectivity index is 1.63. The molecule has 3 aromatic rings. The Hall–Kier alpha value is -3.33. The number of anilines is 2. The second kappa shape index (κ2) is 6.68. The molecule has 0 unspecified atom stereocenters. The molecule has 1 fully saturated rings. The van der Waals surface area contributed by atoms with Gasteiger partial charge in [-0.15, -0.1) is 5.10 Å². The van der Waals surface area contributed by atoms with Crippen molar-refractivity contribution in [1.82, 2.24) is 24.7 Å². The molecule has 0 aromatic carbocycles. The molecule has 1 aliphatic heterocycles. The Morgan fingerprint density at radius 1 is 1.46 bits per heavy atom. The van der Waals surface area contributed by atoms with Crippen LogP contribution in [0.15, 0.2) is 18.5 Å². The first-order chi connectivity index (χ1) is 13.3. The number of H-pyrrole nitrogens is 1. The summed E-state index contributed by atoms with van der Waals surface area (Å²) in [7, 11) is 0. The number of hydrogen-bond acceptors (Lipinski definition) is 7. The lowest BCUT2D eigenvalue weighted by Crippen LogP contribution is -2.32. The number of nitrogens with zero attached hydrogens (tertiary/aromatic N) is 5. The highest BCUT2D eigenvalue weighted by atomic mass is 19.4. The van der Waals surface area contributed by atoms with Crippen molar-refractivity contribution in [3.63, 3.8) is 0 Å². The van der Waals surface area contributed by atoms with Gasteiger partial charge in [-0.1, -0.05) is 0 Å². The summed E-state index contributed by atoms with van der Waals surface area (Å²) in [5.74, 6) is -0.0996. The normalized spacial score (nSPS) is 15.8. The highest BCUT2D eigenvalue weighted by molar-refractivity contribution is 5.78. The summed E-state index contributed by atoms with van der Waals surface area (Å²) >= 11 is 0. The quantitative estimate of drug-likeness (QED) is 0.685. The van der Waals surface area contributed by atoms with Crippen molar-refractivity contribution in [3.8, 4) is 11.9 Å². The van der Waals surface area contributed by atoms with Crippen LogP contribution in [0.1, 0.15) is 18.7 Å². The van der Waals surface area contributed by atoms with Gasteiger partial charge in [0.15, 0.2) is 6.10 Å². The first-order valence-corrected chi connectivity index (χ1v) is 8.26. The third-order valence-electron chi connectivity index (χ3n) is 4.18. The third kappa shape index (κ3) is 3.44. The predicted octanol–water partition coefficient (Wildman–Crippen LogP) is 2.67. The van der Waals surface area contributed by atoms with Crippen LogP contribution in [-0.2, 0) is 4.74 Å². The monoisotopic (exact) mass is 393 g/mol. The topological polar surface area (TPSA) is 114 Å². The van der Waals surface area contributed by atoms with Crippen LogP contribution in [0, 0.1) is 11.3 Å². The van der Waals surface area contributed by atoms with E-state index in [9.17, 15) is 13.2 Å². The summed E-state index contributed by atoms with van der Waals surface area (Å²) in [5, 5.41) is 16.5. The van der Waals surface area contributed by atoms with Gasteiger partial charge >= 0.3 is 6.18 Å². The van der Waals surface area contributed by atoms with Crippen LogP contribution in [0.25, 0.3) is 11.0 Å². The second-order valence-electron chi connectivity index (χ2n) is 6.24. The summed E-state index contributed by atoms with van der Waals surface area (Å²) in [6.07, 6.45) is -3.56. The number of fused-ring (bicyclic) bond motifs is 1. The van der Waals surface area contributed by atoms with E-state index in [1.807, 2.05) is 6.07 Å². The summed E-state index contributed by atoms with van der Waals surface area (Å²) < 4.78 is 50.3. The number of nitriles is 1. The van der Waals surface area contributed by atoms with E-state index in [1.165, 1.54) is 17.1 Å². The minimum atomic E-state index is -4.53. The molecular formula is C16H14F3N7O2. The molecule has 4 heterocycles. The van der Waals surface area contributed by atoms with Gasteiger partial charge in [-0.05, 0) is 13.0 Å². The summed E-state index contributed by atoms with van der Waals surface area (Å²) in [6, 6.07) is 3.47. The van der Waals surface area contributed by atoms with Crippen molar-refractivity contribution in [1.29, 1.82) is 5.26 Å². The van der Waals surface area contributed by atoms with Gasteiger partial charge in [-0.2, -0.15) is 23.4 Å². The van der Waals surface area contributed by atoms with E-state index in [0.717, 1.165) is 6.92 Å². The standard InChI is InChI=1S/C16H14F3N7O2/c1-8(16(17,18)19)28-14-12(5-26(25-14)11-6-27-7-11)23-15-21-4-9-2-10(3-20)22-13(9)24-15/h2,4-5,8,11H,6-7H2,1H3,(H2,21,22,23,24)/t8-/m0/s1. The lowest BCUT2D eigenvalue weighted by molar-refractivity contribution is -0.189. The molecule has 4 rings (SSSR count). The Kier molecular flexibility index (Phi) is 4.31. The molecular weight excluding hydrogens is 379 g/mol. The number of rotatable bonds is 5. The van der Waals surface area contributed by atoms with E-state index in [2.05, 4.69) is 25.4 Å². The van der Waals surface area contributed by atoms with E-state index in [1.54, 1.807) is 6.07 Å². The average molecular weight is 393 g/mol.